The Balaban J connectivity index is 2.10. The van der Waals surface area contributed by atoms with Gasteiger partial charge in [0.15, 0.2) is 0 Å². The molecule has 1 aliphatic heterocycles. The van der Waals surface area contributed by atoms with Gasteiger partial charge in [0.1, 0.15) is 5.82 Å². The molecule has 0 radical (unpaired) electrons. The summed E-state index contributed by atoms with van der Waals surface area (Å²) < 4.78 is 2.27. The highest BCUT2D eigenvalue weighted by molar-refractivity contribution is 6.35. The minimum absolute atomic E-state index is 0.422. The van der Waals surface area contributed by atoms with Crippen molar-refractivity contribution in [3.63, 3.8) is 0 Å². The molecule has 108 valence electrons. The van der Waals surface area contributed by atoms with Crippen molar-refractivity contribution in [2.24, 2.45) is 0 Å². The Morgan fingerprint density at radius 2 is 2.20 bits per heavy atom. The lowest BCUT2D eigenvalue weighted by Gasteiger charge is -2.36. The number of imidazole rings is 1. The summed E-state index contributed by atoms with van der Waals surface area (Å²) in [6.07, 6.45) is 2.22. The van der Waals surface area contributed by atoms with E-state index in [9.17, 15) is 0 Å². The largest absolute Gasteiger partial charge is 0.323 e. The minimum Gasteiger partial charge on any atom is -0.323 e. The Morgan fingerprint density at radius 1 is 1.40 bits per heavy atom. The van der Waals surface area contributed by atoms with E-state index in [1.807, 2.05) is 18.2 Å². The number of likely N-dealkylation sites (tertiary alicyclic amines) is 1. The number of rotatable bonds is 2. The van der Waals surface area contributed by atoms with Crippen LogP contribution in [0.3, 0.4) is 0 Å². The molecule has 0 spiro atoms. The van der Waals surface area contributed by atoms with Crippen LogP contribution in [-0.2, 0) is 5.88 Å². The van der Waals surface area contributed by atoms with E-state index in [0.29, 0.717) is 18.0 Å². The van der Waals surface area contributed by atoms with E-state index in [0.717, 1.165) is 41.3 Å². The number of alkyl halides is 1. The molecule has 2 heterocycles. The molecule has 0 aliphatic carbocycles. The summed E-state index contributed by atoms with van der Waals surface area (Å²) in [7, 11) is 2.18. The lowest BCUT2D eigenvalue weighted by Crippen LogP contribution is -2.38. The molecule has 1 aromatic heterocycles. The summed E-state index contributed by atoms with van der Waals surface area (Å²) >= 11 is 12.5. The summed E-state index contributed by atoms with van der Waals surface area (Å²) in [4.78, 5) is 7.04. The number of benzene rings is 1. The molecule has 2 unspecified atom stereocenters. The van der Waals surface area contributed by atoms with Gasteiger partial charge in [0.25, 0.3) is 0 Å². The molecule has 1 aliphatic rings. The lowest BCUT2D eigenvalue weighted by molar-refractivity contribution is 0.157. The monoisotopic (exact) mass is 311 g/mol. The van der Waals surface area contributed by atoms with Gasteiger partial charge in [-0.2, -0.15) is 0 Å². The third-order valence-electron chi connectivity index (χ3n) is 4.40. The van der Waals surface area contributed by atoms with Crippen molar-refractivity contribution in [1.29, 1.82) is 0 Å². The summed E-state index contributed by atoms with van der Waals surface area (Å²) in [5.74, 6) is 1.35. The highest BCUT2D eigenvalue weighted by Crippen LogP contribution is 2.34. The van der Waals surface area contributed by atoms with Gasteiger partial charge in [-0.1, -0.05) is 17.7 Å². The maximum atomic E-state index is 6.40. The summed E-state index contributed by atoms with van der Waals surface area (Å²) in [6.45, 7) is 3.37. The molecular formula is C15H19Cl2N3. The molecule has 0 saturated carbocycles. The Kier molecular flexibility index (Phi) is 3.93. The number of hydrogen-bond donors (Lipinski definition) is 0. The van der Waals surface area contributed by atoms with E-state index in [-0.39, 0.29) is 0 Å². The van der Waals surface area contributed by atoms with Gasteiger partial charge >= 0.3 is 0 Å². The van der Waals surface area contributed by atoms with Gasteiger partial charge in [-0.25, -0.2) is 4.98 Å². The first-order chi connectivity index (χ1) is 9.61. The van der Waals surface area contributed by atoms with Crippen LogP contribution >= 0.6 is 23.2 Å². The van der Waals surface area contributed by atoms with Crippen LogP contribution in [0.2, 0.25) is 5.02 Å². The fourth-order valence-electron chi connectivity index (χ4n) is 3.14. The van der Waals surface area contributed by atoms with E-state index < -0.39 is 0 Å². The second-order valence-electron chi connectivity index (χ2n) is 5.65. The van der Waals surface area contributed by atoms with Gasteiger partial charge in [0.2, 0.25) is 0 Å². The number of halogens is 2. The number of aromatic nitrogens is 2. The number of piperidine rings is 1. The summed E-state index contributed by atoms with van der Waals surface area (Å²) in [5.41, 5.74) is 1.98. The van der Waals surface area contributed by atoms with Crippen LogP contribution in [0.1, 0.15) is 31.6 Å². The summed E-state index contributed by atoms with van der Waals surface area (Å²) in [6, 6.07) is 6.87. The van der Waals surface area contributed by atoms with Crippen LogP contribution < -0.4 is 0 Å². The average molecular weight is 312 g/mol. The first kappa shape index (κ1) is 14.2. The molecule has 2 atom stereocenters. The normalized spacial score (nSPS) is 24.4. The van der Waals surface area contributed by atoms with Crippen LogP contribution in [0.4, 0.5) is 0 Å². The first-order valence-electron chi connectivity index (χ1n) is 7.03. The molecule has 0 bridgehead atoms. The van der Waals surface area contributed by atoms with Crippen molar-refractivity contribution >= 4 is 34.2 Å². The smallest absolute Gasteiger partial charge is 0.125 e. The molecule has 3 nitrogen and oxygen atoms in total. The average Bonchev–Trinajstić information content (AvgIpc) is 2.82. The van der Waals surface area contributed by atoms with Crippen LogP contribution in [0.5, 0.6) is 0 Å². The van der Waals surface area contributed by atoms with Crippen molar-refractivity contribution in [1.82, 2.24) is 14.5 Å². The quantitative estimate of drug-likeness (QED) is 0.779. The van der Waals surface area contributed by atoms with Gasteiger partial charge < -0.3 is 9.47 Å². The van der Waals surface area contributed by atoms with Crippen LogP contribution in [0, 0.1) is 0 Å². The molecule has 5 heteroatoms. The number of hydrogen-bond acceptors (Lipinski definition) is 2. The second kappa shape index (κ2) is 5.55. The third-order valence-corrected chi connectivity index (χ3v) is 4.94. The maximum Gasteiger partial charge on any atom is 0.125 e. The molecule has 1 saturated heterocycles. The van der Waals surface area contributed by atoms with Crippen molar-refractivity contribution in [2.45, 2.75) is 37.7 Å². The standard InChI is InChI=1S/C15H19Cl2N3/c1-10-8-11(6-7-19(10)2)20-14(9-16)18-13-5-3-4-12(17)15(13)20/h3-5,10-11H,6-9H2,1-2H3. The molecule has 0 N–H and O–H groups in total. The molecular weight excluding hydrogens is 293 g/mol. The number of fused-ring (bicyclic) bond motifs is 1. The lowest BCUT2D eigenvalue weighted by atomic mass is 9.98. The van der Waals surface area contributed by atoms with E-state index in [4.69, 9.17) is 23.2 Å². The van der Waals surface area contributed by atoms with Crippen molar-refractivity contribution < 1.29 is 0 Å². The zero-order chi connectivity index (χ0) is 14.3. The van der Waals surface area contributed by atoms with Gasteiger partial charge in [-0.3, -0.25) is 0 Å². The van der Waals surface area contributed by atoms with Crippen LogP contribution in [0.25, 0.3) is 11.0 Å². The summed E-state index contributed by atoms with van der Waals surface area (Å²) in [5, 5.41) is 0.762. The third kappa shape index (κ3) is 2.32. The topological polar surface area (TPSA) is 21.1 Å². The first-order valence-corrected chi connectivity index (χ1v) is 7.94. The van der Waals surface area contributed by atoms with Crippen LogP contribution in [0.15, 0.2) is 18.2 Å². The highest BCUT2D eigenvalue weighted by Gasteiger charge is 2.27. The SMILES string of the molecule is CC1CC(n2c(CCl)nc3cccc(Cl)c32)CCN1C. The molecule has 2 aromatic rings. The predicted molar refractivity (Wildman–Crippen MR) is 84.7 cm³/mol. The Hall–Kier alpha value is -0.770. The van der Waals surface area contributed by atoms with Crippen molar-refractivity contribution in [3.8, 4) is 0 Å². The Bertz CT molecular complexity index is 623. The zero-order valence-electron chi connectivity index (χ0n) is 11.8. The van der Waals surface area contributed by atoms with Gasteiger partial charge in [0.05, 0.1) is 21.9 Å². The van der Waals surface area contributed by atoms with Crippen LogP contribution in [-0.4, -0.2) is 34.1 Å². The highest BCUT2D eigenvalue weighted by atomic mass is 35.5. The van der Waals surface area contributed by atoms with E-state index in [1.165, 1.54) is 0 Å². The molecule has 0 amide bonds. The van der Waals surface area contributed by atoms with E-state index >= 15 is 0 Å². The minimum atomic E-state index is 0.422. The van der Waals surface area contributed by atoms with E-state index in [1.54, 1.807) is 0 Å². The van der Waals surface area contributed by atoms with E-state index in [2.05, 4.69) is 28.4 Å². The Labute approximate surface area is 129 Å². The maximum absolute atomic E-state index is 6.40. The van der Waals surface area contributed by atoms with Crippen molar-refractivity contribution in [3.05, 3.63) is 29.0 Å². The second-order valence-corrected chi connectivity index (χ2v) is 6.32. The predicted octanol–water partition coefficient (Wildman–Crippen LogP) is 4.08. The fraction of sp³-hybridized carbons (Fsp3) is 0.533. The van der Waals surface area contributed by atoms with Crippen molar-refractivity contribution in [2.75, 3.05) is 13.6 Å². The van der Waals surface area contributed by atoms with Gasteiger partial charge in [-0.15, -0.1) is 11.6 Å². The molecule has 1 fully saturated rings. The van der Waals surface area contributed by atoms with Gasteiger partial charge in [-0.05, 0) is 38.9 Å². The molecule has 1 aromatic carbocycles. The molecule has 20 heavy (non-hydrogen) atoms. The molecule has 3 rings (SSSR count). The Morgan fingerprint density at radius 3 is 2.90 bits per heavy atom. The van der Waals surface area contributed by atoms with Gasteiger partial charge in [0, 0.05) is 18.6 Å². The number of nitrogens with zero attached hydrogens (tertiary/aromatic N) is 3. The zero-order valence-corrected chi connectivity index (χ0v) is 13.3. The fourth-order valence-corrected chi connectivity index (χ4v) is 3.59. The number of para-hydroxylation sites is 1.